The van der Waals surface area contributed by atoms with Crippen molar-refractivity contribution in [1.82, 2.24) is 0 Å². The van der Waals surface area contributed by atoms with Gasteiger partial charge in [-0.15, -0.1) is 0 Å². The first-order valence-corrected chi connectivity index (χ1v) is 10.4. The van der Waals surface area contributed by atoms with Gasteiger partial charge in [0.15, 0.2) is 0 Å². The van der Waals surface area contributed by atoms with Gasteiger partial charge in [0.25, 0.3) is 0 Å². The second-order valence-electron chi connectivity index (χ2n) is 6.54. The number of ether oxygens (including phenoxy) is 1. The van der Waals surface area contributed by atoms with Crippen molar-refractivity contribution in [3.63, 3.8) is 0 Å². The van der Waals surface area contributed by atoms with Crippen LogP contribution in [-0.2, 0) is 0 Å². The zero-order valence-electron chi connectivity index (χ0n) is 16.2. The summed E-state index contributed by atoms with van der Waals surface area (Å²) in [5, 5.41) is 4.43. The van der Waals surface area contributed by atoms with Crippen LogP contribution >= 0.6 is 8.16 Å². The van der Waals surface area contributed by atoms with Crippen LogP contribution in [0.25, 0.3) is 32.7 Å². The van der Waals surface area contributed by atoms with Crippen LogP contribution in [-0.4, -0.2) is 20.2 Å². The molecule has 4 nitrogen and oxygen atoms in total. The molecular weight excluding hydrogens is 357 g/mol. The molecule has 0 fully saturated rings. The predicted molar refractivity (Wildman–Crippen MR) is 114 cm³/mol. The number of hydrogen-bond donors (Lipinski definition) is 0. The van der Waals surface area contributed by atoms with Gasteiger partial charge in [-0.3, -0.25) is 0 Å². The maximum Gasteiger partial charge on any atom is 0.309 e. The van der Waals surface area contributed by atoms with E-state index in [2.05, 4.69) is 67.9 Å². The Kier molecular flexibility index (Phi) is 4.86. The summed E-state index contributed by atoms with van der Waals surface area (Å²) in [5.74, 6) is 0.822. The fourth-order valence-electron chi connectivity index (χ4n) is 3.52. The van der Waals surface area contributed by atoms with Gasteiger partial charge in [0.2, 0.25) is 0 Å². The van der Waals surface area contributed by atoms with E-state index in [9.17, 15) is 0 Å². The number of hydrogen-bond acceptors (Lipinski definition) is 4. The molecule has 0 N–H and O–H groups in total. The highest BCUT2D eigenvalue weighted by Gasteiger charge is 2.15. The molecule has 5 heteroatoms. The minimum Gasteiger partial charge on any atom is -0.497 e. The highest BCUT2D eigenvalue weighted by atomic mass is 31.1. The van der Waals surface area contributed by atoms with Gasteiger partial charge in [-0.1, -0.05) is 44.2 Å². The molecule has 0 spiro atoms. The lowest BCUT2D eigenvalue weighted by Crippen LogP contribution is -2.17. The van der Waals surface area contributed by atoms with Crippen molar-refractivity contribution in [2.75, 3.05) is 24.9 Å². The third kappa shape index (κ3) is 3.09. The number of benzene rings is 3. The quantitative estimate of drug-likeness (QED) is 0.392. The zero-order chi connectivity index (χ0) is 19.0. The summed E-state index contributed by atoms with van der Waals surface area (Å²) in [5.41, 5.74) is 2.79. The highest BCUT2D eigenvalue weighted by Crippen LogP contribution is 2.41. The van der Waals surface area contributed by atoms with Crippen LogP contribution in [0.5, 0.6) is 5.75 Å². The molecule has 0 radical (unpaired) electrons. The van der Waals surface area contributed by atoms with E-state index >= 15 is 0 Å². The van der Waals surface area contributed by atoms with Gasteiger partial charge in [-0.2, -0.15) is 0 Å². The maximum absolute atomic E-state index is 6.48. The molecule has 1 aromatic heterocycles. The van der Waals surface area contributed by atoms with Gasteiger partial charge in [0.1, 0.15) is 16.9 Å². The first-order valence-electron chi connectivity index (χ1n) is 9.28. The van der Waals surface area contributed by atoms with Crippen LogP contribution in [0.4, 0.5) is 0 Å². The van der Waals surface area contributed by atoms with E-state index in [4.69, 9.17) is 13.1 Å². The normalized spacial score (nSPS) is 12.3. The second-order valence-corrected chi connectivity index (χ2v) is 7.95. The molecule has 0 aliphatic heterocycles. The smallest absolute Gasteiger partial charge is 0.309 e. The van der Waals surface area contributed by atoms with Crippen LogP contribution in [0.15, 0.2) is 56.9 Å². The largest absolute Gasteiger partial charge is 0.497 e. The Bertz CT molecular complexity index is 1160. The average molecular weight is 381 g/mol. The topological polar surface area (TPSA) is 38.8 Å². The van der Waals surface area contributed by atoms with E-state index in [1.54, 1.807) is 7.11 Å². The Morgan fingerprint density at radius 1 is 0.963 bits per heavy atom. The van der Waals surface area contributed by atoms with E-state index in [0.29, 0.717) is 0 Å². The molecular formula is C22H24NO3P. The molecule has 3 aromatic carbocycles. The number of nitrogens with zero attached hydrogens (tertiary/aromatic N) is 1. The van der Waals surface area contributed by atoms with E-state index in [1.807, 2.05) is 6.07 Å². The maximum atomic E-state index is 6.48. The fraction of sp³-hybridized carbons (Fsp3) is 0.273. The van der Waals surface area contributed by atoms with Gasteiger partial charge in [0, 0.05) is 23.9 Å². The molecule has 4 aromatic rings. The standard InChI is InChI=1S/C22H24NO3P/c1-5-23(6-2)27-25-20-12-11-16-9-7-8-10-18(16)21(20)19-14-17(24-4)13-15(3)22(19)26-27/h7-14H,5-6H2,1-4H3. The summed E-state index contributed by atoms with van der Waals surface area (Å²) >= 11 is 0. The molecule has 0 amide bonds. The van der Waals surface area contributed by atoms with Crippen molar-refractivity contribution in [1.29, 1.82) is 0 Å². The Balaban J connectivity index is 2.28. The number of aryl methyl sites for hydroxylation is 1. The monoisotopic (exact) mass is 381 g/mol. The summed E-state index contributed by atoms with van der Waals surface area (Å²) in [4.78, 5) is 0. The minimum atomic E-state index is -1.23. The molecule has 0 aliphatic carbocycles. The molecule has 140 valence electrons. The third-order valence-electron chi connectivity index (χ3n) is 4.95. The zero-order valence-corrected chi connectivity index (χ0v) is 17.0. The third-order valence-corrected chi connectivity index (χ3v) is 6.67. The van der Waals surface area contributed by atoms with Crippen molar-refractivity contribution in [2.24, 2.45) is 0 Å². The van der Waals surface area contributed by atoms with E-state index in [0.717, 1.165) is 51.7 Å². The minimum absolute atomic E-state index is 0.822. The van der Waals surface area contributed by atoms with Crippen molar-refractivity contribution >= 4 is 40.9 Å². The van der Waals surface area contributed by atoms with Crippen molar-refractivity contribution in [3.05, 3.63) is 54.1 Å². The molecule has 0 aliphatic rings. The van der Waals surface area contributed by atoms with E-state index in [1.165, 1.54) is 5.39 Å². The molecule has 0 saturated carbocycles. The van der Waals surface area contributed by atoms with Gasteiger partial charge < -0.3 is 13.1 Å². The van der Waals surface area contributed by atoms with Crippen LogP contribution in [0.2, 0.25) is 0 Å². The lowest BCUT2D eigenvalue weighted by atomic mass is 10.0. The first kappa shape index (κ1) is 18.0. The lowest BCUT2D eigenvalue weighted by Gasteiger charge is -2.13. The summed E-state index contributed by atoms with van der Waals surface area (Å²) in [6, 6.07) is 16.6. The molecule has 1 unspecified atom stereocenters. The molecule has 1 heterocycles. The van der Waals surface area contributed by atoms with Gasteiger partial charge in [-0.25, -0.2) is 4.67 Å². The summed E-state index contributed by atoms with van der Waals surface area (Å²) in [7, 11) is 0.468. The van der Waals surface area contributed by atoms with Gasteiger partial charge >= 0.3 is 8.16 Å². The lowest BCUT2D eigenvalue weighted by molar-refractivity contribution is 0.415. The Labute approximate surface area is 159 Å². The average Bonchev–Trinajstić information content (AvgIpc) is 2.86. The Morgan fingerprint density at radius 2 is 1.74 bits per heavy atom. The van der Waals surface area contributed by atoms with E-state index in [-0.39, 0.29) is 0 Å². The number of fused-ring (bicyclic) bond motifs is 5. The van der Waals surface area contributed by atoms with Crippen molar-refractivity contribution < 1.29 is 13.1 Å². The van der Waals surface area contributed by atoms with Crippen LogP contribution in [0.3, 0.4) is 0 Å². The Morgan fingerprint density at radius 3 is 2.48 bits per heavy atom. The van der Waals surface area contributed by atoms with Gasteiger partial charge in [0.05, 0.1) is 7.11 Å². The van der Waals surface area contributed by atoms with Crippen LogP contribution in [0.1, 0.15) is 19.4 Å². The molecule has 0 saturated heterocycles. The molecule has 4 rings (SSSR count). The van der Waals surface area contributed by atoms with Gasteiger partial charge in [-0.05, 0) is 41.5 Å². The molecule has 0 bridgehead atoms. The summed E-state index contributed by atoms with van der Waals surface area (Å²) < 4.78 is 20.7. The van der Waals surface area contributed by atoms with Crippen LogP contribution < -0.4 is 9.41 Å². The Hall–Kier alpha value is -2.42. The summed E-state index contributed by atoms with van der Waals surface area (Å²) in [6.45, 7) is 8.07. The highest BCUT2D eigenvalue weighted by molar-refractivity contribution is 7.38. The fourth-order valence-corrected chi connectivity index (χ4v) is 4.97. The van der Waals surface area contributed by atoms with E-state index < -0.39 is 8.16 Å². The molecule has 27 heavy (non-hydrogen) atoms. The molecule has 1 atom stereocenters. The van der Waals surface area contributed by atoms with Crippen molar-refractivity contribution in [3.8, 4) is 5.75 Å². The summed E-state index contributed by atoms with van der Waals surface area (Å²) in [6.07, 6.45) is 0. The van der Waals surface area contributed by atoms with Crippen LogP contribution in [0, 0.1) is 6.92 Å². The van der Waals surface area contributed by atoms with Crippen molar-refractivity contribution in [2.45, 2.75) is 20.8 Å². The number of methoxy groups -OCH3 is 1. The number of rotatable bonds is 4. The second kappa shape index (κ2) is 7.30. The first-order chi connectivity index (χ1) is 13.2. The SMILES string of the molecule is CCN(CC)p1oc2ccc3ccccc3c2c2cc(OC)cc(C)c2o1. The predicted octanol–water partition coefficient (Wildman–Crippen LogP) is 6.74.